The second kappa shape index (κ2) is 8.96. The number of carbonyl (C=O) groups is 1. The highest BCUT2D eigenvalue weighted by molar-refractivity contribution is 6.50. The van der Waals surface area contributed by atoms with Crippen molar-refractivity contribution in [2.24, 2.45) is 0 Å². The molecule has 0 saturated carbocycles. The van der Waals surface area contributed by atoms with Crippen molar-refractivity contribution in [3.05, 3.63) is 12.2 Å². The predicted molar refractivity (Wildman–Crippen MR) is 58.4 cm³/mol. The van der Waals surface area contributed by atoms with Crippen LogP contribution in [-0.4, -0.2) is 28.2 Å². The van der Waals surface area contributed by atoms with Crippen LogP contribution in [0.1, 0.15) is 20.3 Å². The topological polar surface area (TPSA) is 35.5 Å². The van der Waals surface area contributed by atoms with Crippen LogP contribution in [-0.2, 0) is 14.0 Å². The molecular formula is C10H19O3Si. The third-order valence-corrected chi connectivity index (χ3v) is 3.45. The Morgan fingerprint density at radius 3 is 2.79 bits per heavy atom. The fourth-order valence-corrected chi connectivity index (χ4v) is 2.28. The van der Waals surface area contributed by atoms with Crippen LogP contribution in [0.5, 0.6) is 0 Å². The summed E-state index contributed by atoms with van der Waals surface area (Å²) >= 11 is 0. The van der Waals surface area contributed by atoms with Gasteiger partial charge in [0.05, 0.1) is 6.61 Å². The molecule has 0 unspecified atom stereocenters. The number of hydrogen-bond donors (Lipinski definition) is 0. The van der Waals surface area contributed by atoms with Gasteiger partial charge in [-0.05, 0) is 32.9 Å². The number of allylic oxidation sites excluding steroid dienone is 1. The average molecular weight is 215 g/mol. The Labute approximate surface area is 87.8 Å². The van der Waals surface area contributed by atoms with Gasteiger partial charge in [0.15, 0.2) is 0 Å². The molecular weight excluding hydrogens is 196 g/mol. The molecule has 0 atom stereocenters. The zero-order valence-corrected chi connectivity index (χ0v) is 10.2. The second-order valence-corrected chi connectivity index (χ2v) is 5.10. The molecule has 0 spiro atoms. The smallest absolute Gasteiger partial charge is 0.330 e. The van der Waals surface area contributed by atoms with Gasteiger partial charge in [-0.2, -0.15) is 0 Å². The molecule has 0 rings (SSSR count). The molecule has 0 aromatic heterocycles. The van der Waals surface area contributed by atoms with Crippen molar-refractivity contribution in [1.82, 2.24) is 0 Å². The van der Waals surface area contributed by atoms with Crippen molar-refractivity contribution in [3.8, 4) is 0 Å². The minimum atomic E-state index is -0.660. The maximum Gasteiger partial charge on any atom is 0.330 e. The quantitative estimate of drug-likeness (QED) is 0.282. The van der Waals surface area contributed by atoms with Gasteiger partial charge >= 0.3 is 5.97 Å². The Hall–Kier alpha value is -0.613. The Morgan fingerprint density at radius 1 is 1.50 bits per heavy atom. The van der Waals surface area contributed by atoms with Crippen LogP contribution in [0.3, 0.4) is 0 Å². The van der Waals surface area contributed by atoms with Crippen LogP contribution in [0.2, 0.25) is 12.6 Å². The zero-order chi connectivity index (χ0) is 10.8. The third-order valence-electron chi connectivity index (χ3n) is 1.61. The lowest BCUT2D eigenvalue weighted by atomic mass is 10.5. The van der Waals surface area contributed by atoms with E-state index in [0.717, 1.165) is 19.1 Å². The largest absolute Gasteiger partial charge is 0.463 e. The van der Waals surface area contributed by atoms with Crippen molar-refractivity contribution < 1.29 is 14.0 Å². The van der Waals surface area contributed by atoms with Crippen LogP contribution in [0.25, 0.3) is 0 Å². The van der Waals surface area contributed by atoms with Crippen molar-refractivity contribution >= 4 is 15.0 Å². The second-order valence-electron chi connectivity index (χ2n) is 2.91. The molecule has 0 aliphatic heterocycles. The van der Waals surface area contributed by atoms with Gasteiger partial charge in [0, 0.05) is 12.7 Å². The summed E-state index contributed by atoms with van der Waals surface area (Å²) in [6.07, 6.45) is 4.01. The summed E-state index contributed by atoms with van der Waals surface area (Å²) in [5.41, 5.74) is 0. The minimum Gasteiger partial charge on any atom is -0.463 e. The van der Waals surface area contributed by atoms with E-state index >= 15 is 0 Å². The molecule has 0 aromatic carbocycles. The molecule has 0 bridgehead atoms. The Kier molecular flexibility index (Phi) is 8.57. The van der Waals surface area contributed by atoms with Gasteiger partial charge in [0.25, 0.3) is 0 Å². The molecule has 0 amide bonds. The first-order valence-electron chi connectivity index (χ1n) is 4.95. The minimum absolute atomic E-state index is 0.256. The van der Waals surface area contributed by atoms with Gasteiger partial charge in [-0.25, -0.2) is 4.79 Å². The fraction of sp³-hybridized carbons (Fsp3) is 0.700. The van der Waals surface area contributed by atoms with Gasteiger partial charge in [0.1, 0.15) is 0 Å². The monoisotopic (exact) mass is 215 g/mol. The van der Waals surface area contributed by atoms with E-state index in [2.05, 4.69) is 6.55 Å². The molecule has 0 heterocycles. The van der Waals surface area contributed by atoms with Gasteiger partial charge in [-0.3, -0.25) is 0 Å². The van der Waals surface area contributed by atoms with Crippen LogP contribution in [0, 0.1) is 0 Å². The van der Waals surface area contributed by atoms with Gasteiger partial charge < -0.3 is 9.16 Å². The van der Waals surface area contributed by atoms with E-state index in [9.17, 15) is 4.79 Å². The predicted octanol–water partition coefficient (Wildman–Crippen LogP) is 2.15. The maximum atomic E-state index is 10.9. The highest BCUT2D eigenvalue weighted by Crippen LogP contribution is 1.99. The van der Waals surface area contributed by atoms with Crippen LogP contribution < -0.4 is 0 Å². The highest BCUT2D eigenvalue weighted by atomic mass is 28.3. The number of esters is 1. The maximum absolute atomic E-state index is 10.9. The van der Waals surface area contributed by atoms with Crippen molar-refractivity contribution in [1.29, 1.82) is 0 Å². The highest BCUT2D eigenvalue weighted by Gasteiger charge is 2.04. The summed E-state index contributed by atoms with van der Waals surface area (Å²) in [6.45, 7) is 7.20. The van der Waals surface area contributed by atoms with E-state index < -0.39 is 9.04 Å². The van der Waals surface area contributed by atoms with Crippen molar-refractivity contribution in [3.63, 3.8) is 0 Å². The summed E-state index contributed by atoms with van der Waals surface area (Å²) in [6, 6.07) is 1.03. The summed E-state index contributed by atoms with van der Waals surface area (Å²) in [5, 5.41) is 0. The lowest BCUT2D eigenvalue weighted by molar-refractivity contribution is -0.137. The summed E-state index contributed by atoms with van der Waals surface area (Å²) < 4.78 is 10.4. The number of rotatable bonds is 7. The van der Waals surface area contributed by atoms with E-state index in [1.165, 1.54) is 6.08 Å². The number of carbonyl (C=O) groups excluding carboxylic acids is 1. The van der Waals surface area contributed by atoms with Crippen molar-refractivity contribution in [2.75, 3.05) is 13.2 Å². The van der Waals surface area contributed by atoms with Gasteiger partial charge in [-0.15, -0.1) is 0 Å². The van der Waals surface area contributed by atoms with Gasteiger partial charge in [0.2, 0.25) is 9.04 Å². The van der Waals surface area contributed by atoms with Crippen molar-refractivity contribution in [2.45, 2.75) is 32.9 Å². The molecule has 0 aliphatic carbocycles. The molecule has 0 aromatic rings. The zero-order valence-electron chi connectivity index (χ0n) is 9.21. The molecule has 81 valence electrons. The van der Waals surface area contributed by atoms with E-state index in [1.54, 1.807) is 13.0 Å². The molecule has 0 N–H and O–H groups in total. The first-order chi connectivity index (χ1) is 6.70. The van der Waals surface area contributed by atoms with Crippen LogP contribution in [0.4, 0.5) is 0 Å². The van der Waals surface area contributed by atoms with E-state index in [0.29, 0.717) is 6.61 Å². The van der Waals surface area contributed by atoms with Crippen LogP contribution in [0.15, 0.2) is 12.2 Å². The molecule has 3 nitrogen and oxygen atoms in total. The number of hydrogen-bond acceptors (Lipinski definition) is 3. The normalized spacial score (nSPS) is 11.1. The van der Waals surface area contributed by atoms with E-state index in [-0.39, 0.29) is 5.97 Å². The Balaban J connectivity index is 3.32. The van der Waals surface area contributed by atoms with E-state index in [4.69, 9.17) is 9.16 Å². The lowest BCUT2D eigenvalue weighted by Gasteiger charge is -2.08. The third kappa shape index (κ3) is 8.01. The molecule has 4 heteroatoms. The lowest BCUT2D eigenvalue weighted by Crippen LogP contribution is -2.14. The van der Waals surface area contributed by atoms with Gasteiger partial charge in [-0.1, -0.05) is 6.08 Å². The molecule has 1 radical (unpaired) electrons. The van der Waals surface area contributed by atoms with Crippen LogP contribution >= 0.6 is 0 Å². The Morgan fingerprint density at radius 2 is 2.21 bits per heavy atom. The first-order valence-corrected chi connectivity index (χ1v) is 7.07. The summed E-state index contributed by atoms with van der Waals surface area (Å²) in [7, 11) is -0.660. The molecule has 0 aliphatic rings. The number of ether oxygens (including phenoxy) is 1. The summed E-state index contributed by atoms with van der Waals surface area (Å²) in [5.74, 6) is -0.256. The fourth-order valence-electron chi connectivity index (χ4n) is 0.997. The average Bonchev–Trinajstić information content (AvgIpc) is 2.13. The Bertz CT molecular complexity index is 180. The van der Waals surface area contributed by atoms with E-state index in [1.807, 2.05) is 6.92 Å². The first kappa shape index (κ1) is 13.4. The summed E-state index contributed by atoms with van der Waals surface area (Å²) in [4.78, 5) is 10.9. The molecule has 0 fully saturated rings. The molecule has 14 heavy (non-hydrogen) atoms. The molecule has 0 saturated heterocycles. The standard InChI is InChI=1S/C10H19O3Si/c1-4-7-10(11)12-8-6-9-14(3)13-5-2/h4,7H,5-6,8-9H2,1-3H3. The SMILES string of the molecule is CC=CC(=O)OCCC[Si](C)OCC.